The molecule has 2 aromatic carbocycles. The summed E-state index contributed by atoms with van der Waals surface area (Å²) in [5.74, 6) is 0.582. The summed E-state index contributed by atoms with van der Waals surface area (Å²) >= 11 is 1.13. The summed E-state index contributed by atoms with van der Waals surface area (Å²) in [5.41, 5.74) is 2.40. The van der Waals surface area contributed by atoms with Crippen LogP contribution >= 0.6 is 11.3 Å². The molecule has 0 spiro atoms. The van der Waals surface area contributed by atoms with E-state index < -0.39 is 22.0 Å². The summed E-state index contributed by atoms with van der Waals surface area (Å²) < 4.78 is 38.3. The summed E-state index contributed by atoms with van der Waals surface area (Å²) in [5, 5.41) is 4.51. The van der Waals surface area contributed by atoms with Crippen molar-refractivity contribution in [2.45, 2.75) is 10.3 Å². The Morgan fingerprint density at radius 1 is 0.971 bits per heavy atom. The molecule has 1 aromatic heterocycles. The quantitative estimate of drug-likeness (QED) is 0.597. The van der Waals surface area contributed by atoms with Gasteiger partial charge in [0, 0.05) is 19.6 Å². The Morgan fingerprint density at radius 3 is 2.59 bits per heavy atom. The molecule has 4 heterocycles. The Hall–Kier alpha value is -3.41. The van der Waals surface area contributed by atoms with Crippen molar-refractivity contribution in [1.82, 2.24) is 9.21 Å². The summed E-state index contributed by atoms with van der Waals surface area (Å²) in [7, 11) is -3.73. The minimum absolute atomic E-state index is 0.0964. The zero-order valence-electron chi connectivity index (χ0n) is 17.8. The van der Waals surface area contributed by atoms with Crippen molar-refractivity contribution in [3.8, 4) is 22.6 Å². The van der Waals surface area contributed by atoms with E-state index in [-0.39, 0.29) is 36.5 Å². The van der Waals surface area contributed by atoms with E-state index in [0.717, 1.165) is 22.5 Å². The molecule has 9 nitrogen and oxygen atoms in total. The molecule has 0 bridgehead atoms. The highest BCUT2D eigenvalue weighted by Gasteiger charge is 2.42. The third-order valence-electron chi connectivity index (χ3n) is 6.21. The molecule has 2 amide bonds. The Labute approximate surface area is 199 Å². The van der Waals surface area contributed by atoms with Crippen LogP contribution in [0.25, 0.3) is 11.1 Å². The van der Waals surface area contributed by atoms with Gasteiger partial charge in [0.15, 0.2) is 11.5 Å². The number of hydrogen-bond acceptors (Lipinski definition) is 7. The van der Waals surface area contributed by atoms with Gasteiger partial charge in [-0.3, -0.25) is 9.59 Å². The minimum atomic E-state index is -3.73. The number of piperazine rings is 1. The third-order valence-corrected chi connectivity index (χ3v) is 9.45. The van der Waals surface area contributed by atoms with E-state index in [1.165, 1.54) is 15.3 Å². The second-order valence-corrected chi connectivity index (χ2v) is 11.2. The van der Waals surface area contributed by atoms with E-state index in [4.69, 9.17) is 9.47 Å². The fourth-order valence-electron chi connectivity index (χ4n) is 4.44. The summed E-state index contributed by atoms with van der Waals surface area (Å²) in [6.45, 7) is 0.312. The van der Waals surface area contributed by atoms with Crippen molar-refractivity contribution in [2.75, 3.05) is 31.7 Å². The first-order valence-electron chi connectivity index (χ1n) is 10.6. The predicted molar refractivity (Wildman–Crippen MR) is 125 cm³/mol. The van der Waals surface area contributed by atoms with Crippen LogP contribution in [0.15, 0.2) is 58.1 Å². The lowest BCUT2D eigenvalue weighted by Gasteiger charge is -2.38. The van der Waals surface area contributed by atoms with Crippen LogP contribution in [0.1, 0.15) is 10.4 Å². The van der Waals surface area contributed by atoms with Crippen LogP contribution in [0.4, 0.5) is 5.69 Å². The average molecular weight is 498 g/mol. The lowest BCUT2D eigenvalue weighted by Crippen LogP contribution is -2.59. The number of benzene rings is 2. The molecule has 0 radical (unpaired) electrons. The molecule has 3 aromatic rings. The van der Waals surface area contributed by atoms with Gasteiger partial charge in [-0.25, -0.2) is 8.42 Å². The molecule has 11 heteroatoms. The highest BCUT2D eigenvalue weighted by Crippen LogP contribution is 2.37. The Morgan fingerprint density at radius 2 is 1.76 bits per heavy atom. The van der Waals surface area contributed by atoms with Gasteiger partial charge in [-0.2, -0.15) is 4.31 Å². The molecule has 0 unspecified atom stereocenters. The number of carbonyl (C=O) groups excluding carboxylic acids is 2. The Balaban J connectivity index is 1.31. The molecular formula is C23H19N3O6S2. The van der Waals surface area contributed by atoms with Gasteiger partial charge < -0.3 is 19.7 Å². The normalized spacial score (nSPS) is 19.9. The Bertz CT molecular complexity index is 1420. The molecule has 34 heavy (non-hydrogen) atoms. The van der Waals surface area contributed by atoms with E-state index >= 15 is 0 Å². The molecule has 6 rings (SSSR count). The van der Waals surface area contributed by atoms with E-state index in [1.807, 2.05) is 24.3 Å². The van der Waals surface area contributed by atoms with Crippen LogP contribution in [0.2, 0.25) is 0 Å². The molecular weight excluding hydrogens is 478 g/mol. The fourth-order valence-corrected chi connectivity index (χ4v) is 7.02. The van der Waals surface area contributed by atoms with E-state index in [1.54, 1.807) is 23.6 Å². The zero-order valence-corrected chi connectivity index (χ0v) is 19.4. The molecule has 1 N–H and O–H groups in total. The SMILES string of the molecule is O=C1Nc2ccc(-c3ccc4c(c3)OCO4)cc2C(=O)N2CCN(S(=O)(=O)c3cccs3)C[C@@H]12. The lowest BCUT2D eigenvalue weighted by atomic mass is 10.0. The smallest absolute Gasteiger partial charge is 0.256 e. The summed E-state index contributed by atoms with van der Waals surface area (Å²) in [6, 6.07) is 13.1. The van der Waals surface area contributed by atoms with Gasteiger partial charge in [0.05, 0.1) is 11.3 Å². The fraction of sp³-hybridized carbons (Fsp3) is 0.217. The number of amides is 2. The number of hydrogen-bond donors (Lipinski definition) is 1. The van der Waals surface area contributed by atoms with Gasteiger partial charge in [-0.15, -0.1) is 11.3 Å². The van der Waals surface area contributed by atoms with Crippen molar-refractivity contribution in [3.63, 3.8) is 0 Å². The van der Waals surface area contributed by atoms with Crippen LogP contribution in [0, 0.1) is 0 Å². The van der Waals surface area contributed by atoms with Crippen molar-refractivity contribution < 1.29 is 27.5 Å². The van der Waals surface area contributed by atoms with Gasteiger partial charge in [0.2, 0.25) is 12.7 Å². The number of nitrogens with one attached hydrogen (secondary N) is 1. The lowest BCUT2D eigenvalue weighted by molar-refractivity contribution is -0.121. The number of anilines is 1. The average Bonchev–Trinajstić information content (AvgIpc) is 3.54. The molecule has 0 saturated carbocycles. The first-order valence-corrected chi connectivity index (χ1v) is 12.9. The monoisotopic (exact) mass is 497 g/mol. The third kappa shape index (κ3) is 3.35. The van der Waals surface area contributed by atoms with E-state index in [9.17, 15) is 18.0 Å². The standard InChI is InChI=1S/C23H19N3O6S2/c27-22-18-12-25(34(29,30)21-2-1-9-33-21)7-8-26(18)23(28)16-10-14(3-5-17(16)24-22)15-4-6-19-20(11-15)32-13-31-19/h1-6,9-11,18H,7-8,12-13H2,(H,24,27)/t18-/m0/s1. The number of fused-ring (bicyclic) bond motifs is 3. The van der Waals surface area contributed by atoms with Crippen molar-refractivity contribution >= 4 is 38.9 Å². The number of thiophene rings is 1. The number of nitrogens with zero attached hydrogens (tertiary/aromatic N) is 2. The minimum Gasteiger partial charge on any atom is -0.454 e. The Kier molecular flexibility index (Phi) is 4.87. The van der Waals surface area contributed by atoms with Crippen LogP contribution in [-0.2, 0) is 14.8 Å². The van der Waals surface area contributed by atoms with E-state index in [0.29, 0.717) is 22.7 Å². The van der Waals surface area contributed by atoms with Crippen LogP contribution in [0.5, 0.6) is 11.5 Å². The second kappa shape index (κ2) is 7.83. The maximum absolute atomic E-state index is 13.5. The number of ether oxygens (including phenoxy) is 2. The number of sulfonamides is 1. The van der Waals surface area contributed by atoms with Crippen LogP contribution in [-0.4, -0.2) is 61.9 Å². The largest absolute Gasteiger partial charge is 0.454 e. The van der Waals surface area contributed by atoms with Crippen molar-refractivity contribution in [1.29, 1.82) is 0 Å². The second-order valence-electron chi connectivity index (χ2n) is 8.13. The molecule has 1 fully saturated rings. The first kappa shape index (κ1) is 21.1. The van der Waals surface area contributed by atoms with E-state index in [2.05, 4.69) is 5.32 Å². The van der Waals surface area contributed by atoms with Crippen LogP contribution in [0.3, 0.4) is 0 Å². The molecule has 1 saturated heterocycles. The van der Waals surface area contributed by atoms with Crippen LogP contribution < -0.4 is 14.8 Å². The maximum Gasteiger partial charge on any atom is 0.256 e. The molecule has 0 aliphatic carbocycles. The number of carbonyl (C=O) groups is 2. The highest BCUT2D eigenvalue weighted by atomic mass is 32.2. The van der Waals surface area contributed by atoms with Gasteiger partial charge in [0.25, 0.3) is 15.9 Å². The maximum atomic E-state index is 13.5. The van der Waals surface area contributed by atoms with Crippen molar-refractivity contribution in [3.05, 3.63) is 59.5 Å². The molecule has 3 aliphatic rings. The van der Waals surface area contributed by atoms with Gasteiger partial charge in [0.1, 0.15) is 10.3 Å². The molecule has 174 valence electrons. The number of rotatable bonds is 3. The van der Waals surface area contributed by atoms with Gasteiger partial charge in [-0.1, -0.05) is 18.2 Å². The van der Waals surface area contributed by atoms with Gasteiger partial charge >= 0.3 is 0 Å². The summed E-state index contributed by atoms with van der Waals surface area (Å²) in [4.78, 5) is 28.0. The van der Waals surface area contributed by atoms with Gasteiger partial charge in [-0.05, 0) is 46.8 Å². The van der Waals surface area contributed by atoms with Crippen molar-refractivity contribution in [2.24, 2.45) is 0 Å². The molecule has 3 aliphatic heterocycles. The first-order chi connectivity index (χ1) is 16.4. The zero-order chi connectivity index (χ0) is 23.4. The predicted octanol–water partition coefficient (Wildman–Crippen LogP) is 2.61. The summed E-state index contributed by atoms with van der Waals surface area (Å²) in [6.07, 6.45) is 0. The topological polar surface area (TPSA) is 105 Å². The highest BCUT2D eigenvalue weighted by molar-refractivity contribution is 7.91. The molecule has 1 atom stereocenters.